The van der Waals surface area contributed by atoms with Crippen LogP contribution in [0.2, 0.25) is 0 Å². The number of aromatic amines is 2. The number of amides is 4. The van der Waals surface area contributed by atoms with Gasteiger partial charge in [0, 0.05) is 30.4 Å². The topological polar surface area (TPSA) is 188 Å². The van der Waals surface area contributed by atoms with Gasteiger partial charge in [-0.05, 0) is 72.1 Å². The van der Waals surface area contributed by atoms with Crippen molar-refractivity contribution in [2.24, 2.45) is 11.8 Å². The number of rotatable bonds is 11. The van der Waals surface area contributed by atoms with E-state index in [4.69, 9.17) is 19.4 Å². The molecule has 0 spiro atoms. The van der Waals surface area contributed by atoms with E-state index in [1.165, 1.54) is 14.2 Å². The lowest BCUT2D eigenvalue weighted by atomic mass is 10.00. The molecule has 3 aromatic heterocycles. The number of methoxy groups -OCH3 is 2. The predicted molar refractivity (Wildman–Crippen MR) is 218 cm³/mol. The van der Waals surface area contributed by atoms with Crippen LogP contribution in [0.3, 0.4) is 0 Å². The smallest absolute Gasteiger partial charge is 0.407 e. The van der Waals surface area contributed by atoms with Gasteiger partial charge in [-0.1, -0.05) is 58.0 Å². The molecule has 2 aliphatic rings. The summed E-state index contributed by atoms with van der Waals surface area (Å²) >= 11 is 0. The Labute approximate surface area is 337 Å². The lowest BCUT2D eigenvalue weighted by Crippen LogP contribution is -2.51. The van der Waals surface area contributed by atoms with Crippen molar-refractivity contribution in [3.05, 3.63) is 78.8 Å². The number of nitrogens with one attached hydrogen (secondary N) is 4. The number of nitrogens with zero attached hydrogens (tertiary/aromatic N) is 5. The highest BCUT2D eigenvalue weighted by Crippen LogP contribution is 2.35. The number of likely N-dealkylation sites (tertiary alicyclic amines) is 2. The van der Waals surface area contributed by atoms with Gasteiger partial charge >= 0.3 is 12.2 Å². The van der Waals surface area contributed by atoms with E-state index < -0.39 is 24.3 Å². The minimum Gasteiger partial charge on any atom is -0.453 e. The van der Waals surface area contributed by atoms with Crippen molar-refractivity contribution in [1.82, 2.24) is 45.4 Å². The molecule has 4 atom stereocenters. The fourth-order valence-corrected chi connectivity index (χ4v) is 7.99. The average Bonchev–Trinajstić information content (AvgIpc) is 4.07. The van der Waals surface area contributed by atoms with Crippen molar-refractivity contribution in [2.75, 3.05) is 27.3 Å². The van der Waals surface area contributed by atoms with Crippen molar-refractivity contribution in [2.45, 2.75) is 77.5 Å². The number of fused-ring (bicyclic) bond motifs is 1. The number of pyridine rings is 1. The molecular formula is C43H51N9O6. The second-order valence-electron chi connectivity index (χ2n) is 15.7. The number of benzene rings is 2. The van der Waals surface area contributed by atoms with Crippen LogP contribution < -0.4 is 10.6 Å². The first kappa shape index (κ1) is 40.0. The molecule has 58 heavy (non-hydrogen) atoms. The summed E-state index contributed by atoms with van der Waals surface area (Å²) in [7, 11) is 2.58. The largest absolute Gasteiger partial charge is 0.453 e. The summed E-state index contributed by atoms with van der Waals surface area (Å²) in [4.78, 5) is 75.6. The number of hydrogen-bond donors (Lipinski definition) is 4. The molecule has 5 aromatic rings. The highest BCUT2D eigenvalue weighted by atomic mass is 16.5. The van der Waals surface area contributed by atoms with Gasteiger partial charge in [0.1, 0.15) is 23.7 Å². The van der Waals surface area contributed by atoms with Gasteiger partial charge in [-0.15, -0.1) is 0 Å². The predicted octanol–water partition coefficient (Wildman–Crippen LogP) is 6.77. The highest BCUT2D eigenvalue weighted by molar-refractivity contribution is 5.91. The van der Waals surface area contributed by atoms with Crippen molar-refractivity contribution in [3.8, 4) is 33.8 Å². The van der Waals surface area contributed by atoms with Crippen LogP contribution in [0.5, 0.6) is 0 Å². The van der Waals surface area contributed by atoms with Gasteiger partial charge in [-0.3, -0.25) is 14.6 Å². The summed E-state index contributed by atoms with van der Waals surface area (Å²) in [6.07, 6.45) is 7.37. The maximum Gasteiger partial charge on any atom is 0.407 e. The SMILES string of the molecule is COC(=O)NC(C(=O)N1CCCC1c1ncc(-c2ccc3cc(-c4ccc(-c5cnc(C6CCCN6C(=O)C(NC(=O)OC)C(C)C)[nH]5)nc4)ccc3c2)[nH]1)C(C)C. The summed E-state index contributed by atoms with van der Waals surface area (Å²) in [6, 6.07) is 14.7. The van der Waals surface area contributed by atoms with Crippen LogP contribution in [-0.4, -0.2) is 98.1 Å². The lowest BCUT2D eigenvalue weighted by Gasteiger charge is -2.30. The Balaban J connectivity index is 1.02. The molecule has 4 unspecified atom stereocenters. The molecule has 2 aromatic carbocycles. The third-order valence-electron chi connectivity index (χ3n) is 11.2. The molecule has 5 heterocycles. The van der Waals surface area contributed by atoms with E-state index in [-0.39, 0.29) is 35.7 Å². The molecule has 2 saturated heterocycles. The van der Waals surface area contributed by atoms with Crippen LogP contribution in [0, 0.1) is 11.8 Å². The molecule has 304 valence electrons. The zero-order chi connectivity index (χ0) is 41.1. The minimum atomic E-state index is -0.699. The maximum atomic E-state index is 13.6. The summed E-state index contributed by atoms with van der Waals surface area (Å²) < 4.78 is 9.52. The summed E-state index contributed by atoms with van der Waals surface area (Å²) in [5, 5.41) is 7.53. The molecule has 0 saturated carbocycles. The third kappa shape index (κ3) is 8.25. The summed E-state index contributed by atoms with van der Waals surface area (Å²) in [6.45, 7) is 8.76. The van der Waals surface area contributed by atoms with Gasteiger partial charge in [-0.25, -0.2) is 19.6 Å². The van der Waals surface area contributed by atoms with Crippen LogP contribution in [-0.2, 0) is 19.1 Å². The van der Waals surface area contributed by atoms with Crippen LogP contribution >= 0.6 is 0 Å². The van der Waals surface area contributed by atoms with Gasteiger partial charge < -0.3 is 39.9 Å². The highest BCUT2D eigenvalue weighted by Gasteiger charge is 2.39. The van der Waals surface area contributed by atoms with Gasteiger partial charge in [0.2, 0.25) is 11.8 Å². The molecule has 4 N–H and O–H groups in total. The Morgan fingerprint density at radius 2 is 1.12 bits per heavy atom. The molecule has 7 rings (SSSR count). The minimum absolute atomic E-state index is 0.108. The standard InChI is InChI=1S/C43H51N9O6/c1-24(2)36(49-42(55)57-5)40(53)51-17-7-9-34(51)38-45-22-32(47-38)29-14-13-26-19-28(12-11-27(26)20-29)30-15-16-31(44-21-30)33-23-46-39(48-33)35-10-8-18-52(35)41(54)37(25(3)4)50-43(56)58-6/h11-16,19-25,34-37H,7-10,17-18H2,1-6H3,(H,45,47)(H,46,48)(H,49,55)(H,50,56). The number of carbonyl (C=O) groups excluding carboxylic acids is 4. The van der Waals surface area contributed by atoms with Crippen molar-refractivity contribution in [1.29, 1.82) is 0 Å². The molecule has 0 radical (unpaired) electrons. The first-order chi connectivity index (χ1) is 27.9. The summed E-state index contributed by atoms with van der Waals surface area (Å²) in [5.41, 5.74) is 5.33. The average molecular weight is 790 g/mol. The van der Waals surface area contributed by atoms with Crippen LogP contribution in [0.25, 0.3) is 44.5 Å². The first-order valence-corrected chi connectivity index (χ1v) is 19.9. The van der Waals surface area contributed by atoms with Crippen LogP contribution in [0.4, 0.5) is 9.59 Å². The normalized spacial score (nSPS) is 17.8. The second-order valence-corrected chi connectivity index (χ2v) is 15.7. The molecule has 0 bridgehead atoms. The number of carbonyl (C=O) groups is 4. The van der Waals surface area contributed by atoms with Gasteiger partial charge in [0.25, 0.3) is 0 Å². The van der Waals surface area contributed by atoms with E-state index in [1.807, 2.05) is 57.1 Å². The Kier molecular flexibility index (Phi) is 11.8. The zero-order valence-electron chi connectivity index (χ0n) is 33.7. The van der Waals surface area contributed by atoms with Crippen LogP contribution in [0.15, 0.2) is 67.1 Å². The molecule has 15 heteroatoms. The lowest BCUT2D eigenvalue weighted by molar-refractivity contribution is -0.136. The van der Waals surface area contributed by atoms with E-state index in [0.717, 1.165) is 76.1 Å². The van der Waals surface area contributed by atoms with E-state index in [9.17, 15) is 19.2 Å². The summed E-state index contributed by atoms with van der Waals surface area (Å²) in [5.74, 6) is 0.892. The molecule has 2 fully saturated rings. The van der Waals surface area contributed by atoms with Crippen molar-refractivity contribution in [3.63, 3.8) is 0 Å². The fourth-order valence-electron chi connectivity index (χ4n) is 7.99. The third-order valence-corrected chi connectivity index (χ3v) is 11.2. The van der Waals surface area contributed by atoms with Gasteiger partial charge in [0.15, 0.2) is 0 Å². The quantitative estimate of drug-likeness (QED) is 0.112. The number of hydrogen-bond acceptors (Lipinski definition) is 9. The zero-order valence-corrected chi connectivity index (χ0v) is 33.7. The second kappa shape index (κ2) is 17.1. The monoisotopic (exact) mass is 789 g/mol. The number of imidazole rings is 2. The Morgan fingerprint density at radius 1 is 0.638 bits per heavy atom. The van der Waals surface area contributed by atoms with Crippen molar-refractivity contribution < 1.29 is 28.7 Å². The molecule has 0 aliphatic carbocycles. The number of alkyl carbamates (subject to hydrolysis) is 2. The van der Waals surface area contributed by atoms with Gasteiger partial charge in [0.05, 0.1) is 55.8 Å². The molecule has 15 nitrogen and oxygen atoms in total. The fraction of sp³-hybridized carbons (Fsp3) is 0.419. The molecule has 2 aliphatic heterocycles. The maximum absolute atomic E-state index is 13.6. The van der Waals surface area contributed by atoms with Crippen LogP contribution in [0.1, 0.15) is 77.1 Å². The molecular weight excluding hydrogens is 739 g/mol. The van der Waals surface area contributed by atoms with E-state index >= 15 is 0 Å². The number of ether oxygens (including phenoxy) is 2. The van der Waals surface area contributed by atoms with Crippen molar-refractivity contribution >= 4 is 34.8 Å². The van der Waals surface area contributed by atoms with E-state index in [0.29, 0.717) is 18.9 Å². The number of H-pyrrole nitrogens is 2. The van der Waals surface area contributed by atoms with Gasteiger partial charge in [-0.2, -0.15) is 0 Å². The molecule has 4 amide bonds. The van der Waals surface area contributed by atoms with E-state index in [1.54, 1.807) is 11.1 Å². The number of aromatic nitrogens is 5. The van der Waals surface area contributed by atoms with E-state index in [2.05, 4.69) is 62.0 Å². The first-order valence-electron chi connectivity index (χ1n) is 19.9. The Bertz CT molecular complexity index is 2280. The Morgan fingerprint density at radius 3 is 1.62 bits per heavy atom. The Hall–Kier alpha value is -6.25.